The summed E-state index contributed by atoms with van der Waals surface area (Å²) in [5.74, 6) is -0.356. The van der Waals surface area contributed by atoms with Crippen molar-refractivity contribution in [3.63, 3.8) is 0 Å². The van der Waals surface area contributed by atoms with Gasteiger partial charge in [0.25, 0.3) is 0 Å². The summed E-state index contributed by atoms with van der Waals surface area (Å²) in [6, 6.07) is 7.43. The van der Waals surface area contributed by atoms with Gasteiger partial charge >= 0.3 is 0 Å². The number of amides is 1. The SMILES string of the molecule is CCCc1c(Cl)cc(NC(=O)C(C)S(=O)Oc2ccc(C(C)(C)CC)cc2C(C)(C)CC)c(O)c1Cl. The summed E-state index contributed by atoms with van der Waals surface area (Å²) < 4.78 is 19.0. The van der Waals surface area contributed by atoms with Crippen LogP contribution in [0.3, 0.4) is 0 Å². The molecule has 2 atom stereocenters. The molecule has 0 aliphatic carbocycles. The molecule has 0 aliphatic rings. The molecule has 0 saturated carbocycles. The van der Waals surface area contributed by atoms with Gasteiger partial charge in [-0.15, -0.1) is 0 Å². The molecule has 0 aromatic heterocycles. The van der Waals surface area contributed by atoms with E-state index < -0.39 is 22.2 Å². The van der Waals surface area contributed by atoms with E-state index >= 15 is 0 Å². The van der Waals surface area contributed by atoms with Crippen LogP contribution in [-0.4, -0.2) is 20.5 Å². The standard InChI is InChI=1S/C28H39Cl2NO4S/c1-9-12-19-21(29)16-22(25(32)24(19)30)31-26(33)17(4)36(34)35-23-14-13-18(27(5,6)10-2)15-20(23)28(7,8)11-3/h13-17,32H,9-12H2,1-8H3,(H,31,33). The van der Waals surface area contributed by atoms with E-state index in [0.29, 0.717) is 22.8 Å². The van der Waals surface area contributed by atoms with Gasteiger partial charge in [-0.05, 0) is 60.3 Å². The van der Waals surface area contributed by atoms with Gasteiger partial charge in [-0.1, -0.05) is 90.2 Å². The number of halogens is 2. The van der Waals surface area contributed by atoms with Crippen molar-refractivity contribution < 1.29 is 18.3 Å². The van der Waals surface area contributed by atoms with Crippen LogP contribution in [0.4, 0.5) is 5.69 Å². The first-order chi connectivity index (χ1) is 16.7. The van der Waals surface area contributed by atoms with E-state index in [1.807, 2.05) is 19.1 Å². The molecule has 0 fully saturated rings. The van der Waals surface area contributed by atoms with Crippen LogP contribution in [0, 0.1) is 0 Å². The molecule has 2 N–H and O–H groups in total. The summed E-state index contributed by atoms with van der Waals surface area (Å²) in [6.07, 6.45) is 3.23. The van der Waals surface area contributed by atoms with Crippen LogP contribution >= 0.6 is 23.2 Å². The van der Waals surface area contributed by atoms with Crippen LogP contribution in [0.15, 0.2) is 24.3 Å². The second-order valence-electron chi connectivity index (χ2n) is 10.5. The van der Waals surface area contributed by atoms with Gasteiger partial charge in [0.2, 0.25) is 17.0 Å². The number of benzene rings is 2. The van der Waals surface area contributed by atoms with Crippen molar-refractivity contribution in [3.05, 3.63) is 51.0 Å². The third kappa shape index (κ3) is 6.76. The Hall–Kier alpha value is -1.76. The third-order valence-electron chi connectivity index (χ3n) is 7.13. The quantitative estimate of drug-likeness (QED) is 0.274. The molecule has 0 spiro atoms. The summed E-state index contributed by atoms with van der Waals surface area (Å²) in [4.78, 5) is 12.9. The lowest BCUT2D eigenvalue weighted by Crippen LogP contribution is -2.32. The number of rotatable bonds is 11. The number of anilines is 1. The average Bonchev–Trinajstić information content (AvgIpc) is 2.84. The highest BCUT2D eigenvalue weighted by Gasteiger charge is 2.30. The van der Waals surface area contributed by atoms with Gasteiger partial charge in [-0.2, -0.15) is 0 Å². The Morgan fingerprint density at radius 1 is 1.08 bits per heavy atom. The maximum atomic E-state index is 13.1. The maximum absolute atomic E-state index is 13.1. The lowest BCUT2D eigenvalue weighted by Gasteiger charge is -2.30. The Bertz CT molecular complexity index is 1130. The summed E-state index contributed by atoms with van der Waals surface area (Å²) >= 11 is 10.6. The Labute approximate surface area is 228 Å². The Balaban J connectivity index is 2.31. The van der Waals surface area contributed by atoms with Crippen LogP contribution < -0.4 is 9.50 Å². The van der Waals surface area contributed by atoms with E-state index in [0.717, 1.165) is 24.8 Å². The first-order valence-corrected chi connectivity index (χ1v) is 14.3. The number of phenolic OH excluding ortho intramolecular Hbond substituents is 1. The van der Waals surface area contributed by atoms with Gasteiger partial charge < -0.3 is 14.6 Å². The van der Waals surface area contributed by atoms with Crippen molar-refractivity contribution in [2.45, 2.75) is 97.2 Å². The molecule has 8 heteroatoms. The smallest absolute Gasteiger partial charge is 0.243 e. The van der Waals surface area contributed by atoms with Crippen molar-refractivity contribution in [1.29, 1.82) is 0 Å². The molecule has 36 heavy (non-hydrogen) atoms. The predicted octanol–water partition coefficient (Wildman–Crippen LogP) is 8.10. The normalized spacial score (nSPS) is 13.8. The number of phenols is 1. The number of hydrogen-bond donors (Lipinski definition) is 2. The zero-order chi connectivity index (χ0) is 27.4. The molecule has 2 rings (SSSR count). The molecular formula is C28H39Cl2NO4S. The largest absolute Gasteiger partial charge is 0.504 e. The topological polar surface area (TPSA) is 75.6 Å². The molecule has 0 aliphatic heterocycles. The fourth-order valence-electron chi connectivity index (χ4n) is 3.65. The first kappa shape index (κ1) is 30.5. The highest BCUT2D eigenvalue weighted by atomic mass is 35.5. The molecule has 2 aromatic rings. The van der Waals surface area contributed by atoms with Gasteiger partial charge in [-0.25, -0.2) is 4.21 Å². The van der Waals surface area contributed by atoms with Crippen molar-refractivity contribution >= 4 is 45.9 Å². The van der Waals surface area contributed by atoms with Gasteiger partial charge in [0.15, 0.2) is 5.75 Å². The van der Waals surface area contributed by atoms with Gasteiger partial charge in [0.1, 0.15) is 11.0 Å². The molecule has 0 heterocycles. The fraction of sp³-hybridized carbons (Fsp3) is 0.536. The first-order valence-electron chi connectivity index (χ1n) is 12.4. The molecule has 0 bridgehead atoms. The van der Waals surface area contributed by atoms with Crippen molar-refractivity contribution in [1.82, 2.24) is 0 Å². The second kappa shape index (κ2) is 12.2. The van der Waals surface area contributed by atoms with Crippen LogP contribution in [-0.2, 0) is 33.1 Å². The lowest BCUT2D eigenvalue weighted by atomic mass is 9.76. The van der Waals surface area contributed by atoms with E-state index in [9.17, 15) is 14.1 Å². The molecule has 2 aromatic carbocycles. The Morgan fingerprint density at radius 2 is 1.69 bits per heavy atom. The number of carbonyl (C=O) groups excluding carboxylic acids is 1. The zero-order valence-electron chi connectivity index (χ0n) is 22.6. The van der Waals surface area contributed by atoms with E-state index in [1.165, 1.54) is 18.6 Å². The highest BCUT2D eigenvalue weighted by Crippen LogP contribution is 2.41. The Kier molecular flexibility index (Phi) is 10.3. The van der Waals surface area contributed by atoms with E-state index in [4.69, 9.17) is 27.4 Å². The van der Waals surface area contributed by atoms with Crippen molar-refractivity contribution in [2.75, 3.05) is 5.32 Å². The van der Waals surface area contributed by atoms with Crippen LogP contribution in [0.2, 0.25) is 10.0 Å². The third-order valence-corrected chi connectivity index (χ3v) is 9.01. The monoisotopic (exact) mass is 555 g/mol. The Morgan fingerprint density at radius 3 is 2.25 bits per heavy atom. The summed E-state index contributed by atoms with van der Waals surface area (Å²) in [7, 11) is 0. The van der Waals surface area contributed by atoms with E-state index in [-0.39, 0.29) is 27.3 Å². The molecule has 200 valence electrons. The number of carbonyl (C=O) groups is 1. The molecule has 5 nitrogen and oxygen atoms in total. The molecule has 2 unspecified atom stereocenters. The zero-order valence-corrected chi connectivity index (χ0v) is 24.9. The van der Waals surface area contributed by atoms with Gasteiger partial charge in [0.05, 0.1) is 10.7 Å². The maximum Gasteiger partial charge on any atom is 0.243 e. The molecular weight excluding hydrogens is 517 g/mol. The van der Waals surface area contributed by atoms with Crippen LogP contribution in [0.25, 0.3) is 0 Å². The van der Waals surface area contributed by atoms with Gasteiger partial charge in [0, 0.05) is 10.6 Å². The summed E-state index contributed by atoms with van der Waals surface area (Å²) in [5, 5.41) is 12.5. The average molecular weight is 557 g/mol. The van der Waals surface area contributed by atoms with E-state index in [2.05, 4.69) is 52.9 Å². The molecule has 0 radical (unpaired) electrons. The lowest BCUT2D eigenvalue weighted by molar-refractivity contribution is -0.115. The molecule has 1 amide bonds. The predicted molar refractivity (Wildman–Crippen MR) is 152 cm³/mol. The van der Waals surface area contributed by atoms with Crippen LogP contribution in [0.5, 0.6) is 11.5 Å². The minimum Gasteiger partial charge on any atom is -0.504 e. The van der Waals surface area contributed by atoms with E-state index in [1.54, 1.807) is 0 Å². The molecule has 0 saturated heterocycles. The fourth-order valence-corrected chi connectivity index (χ4v) is 5.00. The number of hydrogen-bond acceptors (Lipinski definition) is 4. The van der Waals surface area contributed by atoms with Gasteiger partial charge in [-0.3, -0.25) is 4.79 Å². The number of nitrogens with one attached hydrogen (secondary N) is 1. The minimum absolute atomic E-state index is 0.0132. The summed E-state index contributed by atoms with van der Waals surface area (Å²) in [6.45, 7) is 16.4. The number of aromatic hydroxyl groups is 1. The summed E-state index contributed by atoms with van der Waals surface area (Å²) in [5.41, 5.74) is 2.59. The van der Waals surface area contributed by atoms with Crippen molar-refractivity contribution in [3.8, 4) is 11.5 Å². The van der Waals surface area contributed by atoms with Crippen LogP contribution in [0.1, 0.15) is 91.3 Å². The minimum atomic E-state index is -1.98. The van der Waals surface area contributed by atoms with Crippen molar-refractivity contribution in [2.24, 2.45) is 0 Å². The second-order valence-corrected chi connectivity index (χ2v) is 12.6. The highest BCUT2D eigenvalue weighted by molar-refractivity contribution is 7.82.